The summed E-state index contributed by atoms with van der Waals surface area (Å²) in [6.07, 6.45) is 0. The lowest BCUT2D eigenvalue weighted by atomic mass is 10.2. The third kappa shape index (κ3) is 4.48. The topological polar surface area (TPSA) is 75.4 Å². The van der Waals surface area contributed by atoms with Gasteiger partial charge in [0.1, 0.15) is 10.8 Å². The van der Waals surface area contributed by atoms with E-state index in [1.54, 1.807) is 0 Å². The molecule has 1 aromatic carbocycles. The Balaban J connectivity index is 2.88. The van der Waals surface area contributed by atoms with Gasteiger partial charge in [-0.2, -0.15) is 0 Å². The lowest BCUT2D eigenvalue weighted by molar-refractivity contribution is 0.358. The second-order valence-corrected chi connectivity index (χ2v) is 6.51. The lowest BCUT2D eigenvalue weighted by Crippen LogP contribution is -2.33. The summed E-state index contributed by atoms with van der Waals surface area (Å²) in [5.41, 5.74) is 5.28. The van der Waals surface area contributed by atoms with Crippen LogP contribution in [-0.2, 0) is 10.0 Å². The SMILES string of the molecule is CCN(C)CCNS(=O)(=O)c1ccc(F)c(C(N)=S)c1. The first kappa shape index (κ1) is 17.0. The number of benzene rings is 1. The Labute approximate surface area is 124 Å². The average molecular weight is 319 g/mol. The summed E-state index contributed by atoms with van der Waals surface area (Å²) < 4.78 is 40.0. The van der Waals surface area contributed by atoms with E-state index in [9.17, 15) is 12.8 Å². The van der Waals surface area contributed by atoms with Gasteiger partial charge in [0.25, 0.3) is 0 Å². The zero-order valence-electron chi connectivity index (χ0n) is 11.4. The van der Waals surface area contributed by atoms with E-state index in [1.165, 1.54) is 6.07 Å². The van der Waals surface area contributed by atoms with Crippen molar-refractivity contribution in [3.63, 3.8) is 0 Å². The Morgan fingerprint density at radius 3 is 2.70 bits per heavy atom. The van der Waals surface area contributed by atoms with Crippen LogP contribution in [0, 0.1) is 5.82 Å². The Kier molecular flexibility index (Phi) is 6.00. The molecule has 0 amide bonds. The first-order valence-electron chi connectivity index (χ1n) is 6.05. The van der Waals surface area contributed by atoms with E-state index < -0.39 is 15.8 Å². The predicted molar refractivity (Wildman–Crippen MR) is 80.6 cm³/mol. The van der Waals surface area contributed by atoms with Crippen molar-refractivity contribution in [1.82, 2.24) is 9.62 Å². The molecule has 20 heavy (non-hydrogen) atoms. The number of sulfonamides is 1. The maximum absolute atomic E-state index is 13.4. The minimum atomic E-state index is -3.70. The molecule has 0 bridgehead atoms. The number of hydrogen-bond acceptors (Lipinski definition) is 4. The largest absolute Gasteiger partial charge is 0.389 e. The van der Waals surface area contributed by atoms with Gasteiger partial charge < -0.3 is 10.6 Å². The predicted octanol–water partition coefficient (Wildman–Crippen LogP) is 0.690. The number of rotatable bonds is 7. The van der Waals surface area contributed by atoms with Crippen molar-refractivity contribution in [2.24, 2.45) is 5.73 Å². The molecule has 0 atom stereocenters. The minimum absolute atomic E-state index is 0.0548. The Hall–Kier alpha value is -1.09. The molecule has 0 fully saturated rings. The van der Waals surface area contributed by atoms with Crippen molar-refractivity contribution < 1.29 is 12.8 Å². The van der Waals surface area contributed by atoms with Crippen molar-refractivity contribution in [2.75, 3.05) is 26.7 Å². The molecule has 1 aromatic rings. The van der Waals surface area contributed by atoms with Crippen LogP contribution in [0.15, 0.2) is 23.1 Å². The van der Waals surface area contributed by atoms with E-state index in [-0.39, 0.29) is 22.0 Å². The van der Waals surface area contributed by atoms with Crippen LogP contribution >= 0.6 is 12.2 Å². The van der Waals surface area contributed by atoms with Gasteiger partial charge in [0.15, 0.2) is 0 Å². The second kappa shape index (κ2) is 7.07. The molecule has 5 nitrogen and oxygen atoms in total. The van der Waals surface area contributed by atoms with Gasteiger partial charge in [-0.15, -0.1) is 0 Å². The monoisotopic (exact) mass is 319 g/mol. The normalized spacial score (nSPS) is 11.8. The van der Waals surface area contributed by atoms with Gasteiger partial charge in [-0.1, -0.05) is 19.1 Å². The van der Waals surface area contributed by atoms with Gasteiger partial charge in [-0.05, 0) is 31.8 Å². The van der Waals surface area contributed by atoms with Crippen LogP contribution in [0.3, 0.4) is 0 Å². The van der Waals surface area contributed by atoms with E-state index in [0.29, 0.717) is 6.54 Å². The summed E-state index contributed by atoms with van der Waals surface area (Å²) in [5, 5.41) is 0. The summed E-state index contributed by atoms with van der Waals surface area (Å²) >= 11 is 4.69. The molecule has 0 aliphatic rings. The molecule has 3 N–H and O–H groups in total. The number of halogens is 1. The summed E-state index contributed by atoms with van der Waals surface area (Å²) in [5.74, 6) is -0.637. The molecule has 112 valence electrons. The summed E-state index contributed by atoms with van der Waals surface area (Å²) in [6, 6.07) is 3.37. The summed E-state index contributed by atoms with van der Waals surface area (Å²) in [6.45, 7) is 3.65. The molecule has 0 unspecified atom stereocenters. The summed E-state index contributed by atoms with van der Waals surface area (Å²) in [7, 11) is -1.81. The van der Waals surface area contributed by atoms with Crippen molar-refractivity contribution in [3.8, 4) is 0 Å². The number of nitrogens with one attached hydrogen (secondary N) is 1. The molecule has 0 heterocycles. The highest BCUT2D eigenvalue weighted by Gasteiger charge is 2.16. The van der Waals surface area contributed by atoms with Gasteiger partial charge >= 0.3 is 0 Å². The molecule has 0 saturated heterocycles. The lowest BCUT2D eigenvalue weighted by Gasteiger charge is -2.14. The van der Waals surface area contributed by atoms with Crippen molar-refractivity contribution in [1.29, 1.82) is 0 Å². The molecule has 8 heteroatoms. The number of likely N-dealkylation sites (N-methyl/N-ethyl adjacent to an activating group) is 1. The summed E-state index contributed by atoms with van der Waals surface area (Å²) in [4.78, 5) is 1.74. The molecular weight excluding hydrogens is 301 g/mol. The quantitative estimate of drug-likeness (QED) is 0.723. The fourth-order valence-corrected chi connectivity index (χ4v) is 2.68. The van der Waals surface area contributed by atoms with Crippen LogP contribution in [0.4, 0.5) is 4.39 Å². The number of nitrogens with two attached hydrogens (primary N) is 1. The van der Waals surface area contributed by atoms with Crippen molar-refractivity contribution in [2.45, 2.75) is 11.8 Å². The second-order valence-electron chi connectivity index (χ2n) is 4.30. The van der Waals surface area contributed by atoms with E-state index in [4.69, 9.17) is 5.73 Å². The molecule has 0 saturated carbocycles. The smallest absolute Gasteiger partial charge is 0.240 e. The third-order valence-electron chi connectivity index (χ3n) is 2.84. The highest BCUT2D eigenvalue weighted by Crippen LogP contribution is 2.15. The maximum atomic E-state index is 13.4. The van der Waals surface area contributed by atoms with Crippen LogP contribution in [0.5, 0.6) is 0 Å². The van der Waals surface area contributed by atoms with Gasteiger partial charge in [-0.3, -0.25) is 0 Å². The zero-order chi connectivity index (χ0) is 15.3. The first-order valence-corrected chi connectivity index (χ1v) is 7.94. The van der Waals surface area contributed by atoms with E-state index >= 15 is 0 Å². The van der Waals surface area contributed by atoms with Crippen LogP contribution in [-0.4, -0.2) is 45.0 Å². The highest BCUT2D eigenvalue weighted by atomic mass is 32.2. The molecule has 0 aliphatic carbocycles. The van der Waals surface area contributed by atoms with Gasteiger partial charge in [0, 0.05) is 18.7 Å². The molecule has 0 aliphatic heterocycles. The highest BCUT2D eigenvalue weighted by molar-refractivity contribution is 7.89. The Morgan fingerprint density at radius 1 is 1.50 bits per heavy atom. The van der Waals surface area contributed by atoms with Gasteiger partial charge in [0.2, 0.25) is 10.0 Å². The van der Waals surface area contributed by atoms with Crippen LogP contribution in [0.1, 0.15) is 12.5 Å². The van der Waals surface area contributed by atoms with E-state index in [0.717, 1.165) is 18.7 Å². The third-order valence-corrected chi connectivity index (χ3v) is 4.52. The van der Waals surface area contributed by atoms with E-state index in [2.05, 4.69) is 16.9 Å². The van der Waals surface area contributed by atoms with E-state index in [1.807, 2.05) is 18.9 Å². The van der Waals surface area contributed by atoms with Gasteiger partial charge in [0.05, 0.1) is 4.90 Å². The Bertz CT molecular complexity index is 590. The standard InChI is InChI=1S/C12H18FN3O2S2/c1-3-16(2)7-6-15-20(17,18)9-4-5-11(13)10(8-9)12(14)19/h4-5,8,15H,3,6-7H2,1-2H3,(H2,14,19). The fraction of sp³-hybridized carbons (Fsp3) is 0.417. The van der Waals surface area contributed by atoms with Crippen LogP contribution in [0.25, 0.3) is 0 Å². The molecule has 0 radical (unpaired) electrons. The van der Waals surface area contributed by atoms with Crippen molar-refractivity contribution >= 4 is 27.2 Å². The maximum Gasteiger partial charge on any atom is 0.240 e. The minimum Gasteiger partial charge on any atom is -0.389 e. The van der Waals surface area contributed by atoms with Gasteiger partial charge in [-0.25, -0.2) is 17.5 Å². The van der Waals surface area contributed by atoms with Crippen molar-refractivity contribution in [3.05, 3.63) is 29.6 Å². The Morgan fingerprint density at radius 2 is 2.15 bits per heavy atom. The molecular formula is C12H18FN3O2S2. The number of hydrogen-bond donors (Lipinski definition) is 2. The fourth-order valence-electron chi connectivity index (χ4n) is 1.47. The number of nitrogens with zero attached hydrogens (tertiary/aromatic N) is 1. The van der Waals surface area contributed by atoms with Crippen LogP contribution < -0.4 is 10.5 Å². The first-order chi connectivity index (χ1) is 9.27. The average Bonchev–Trinajstić information content (AvgIpc) is 2.38. The molecule has 1 rings (SSSR count). The van der Waals surface area contributed by atoms with Crippen LogP contribution in [0.2, 0.25) is 0 Å². The zero-order valence-corrected chi connectivity index (χ0v) is 13.0. The molecule has 0 spiro atoms. The molecule has 0 aromatic heterocycles. The number of thiocarbonyl (C=S) groups is 1.